The van der Waals surface area contributed by atoms with E-state index in [1.54, 1.807) is 0 Å². The maximum atomic E-state index is 7.01. The summed E-state index contributed by atoms with van der Waals surface area (Å²) in [4.78, 5) is 4.83. The summed E-state index contributed by atoms with van der Waals surface area (Å²) in [7, 11) is 0. The maximum Gasteiger partial charge on any atom is 0.122 e. The first-order valence-electron chi connectivity index (χ1n) is 17.1. The molecular formula is C47H36N4. The van der Waals surface area contributed by atoms with Crippen molar-refractivity contribution in [2.24, 2.45) is 10.7 Å². The number of nitrogen functional groups attached to an aromatic ring is 1. The van der Waals surface area contributed by atoms with Gasteiger partial charge in [-0.3, -0.25) is 10.4 Å². The van der Waals surface area contributed by atoms with Crippen LogP contribution in [0, 0.1) is 5.41 Å². The molecule has 8 aromatic carbocycles. The van der Waals surface area contributed by atoms with Gasteiger partial charge < -0.3 is 10.3 Å². The maximum absolute atomic E-state index is 7.01. The summed E-state index contributed by atoms with van der Waals surface area (Å²) in [5.74, 6) is 0.121. The topological polar surface area (TPSA) is 67.2 Å². The summed E-state index contributed by atoms with van der Waals surface area (Å²) in [6.45, 7) is 0.661. The van der Waals surface area contributed by atoms with Crippen molar-refractivity contribution in [1.29, 1.82) is 5.41 Å². The van der Waals surface area contributed by atoms with E-state index in [9.17, 15) is 0 Å². The molecule has 0 aliphatic rings. The molecule has 3 N–H and O–H groups in total. The van der Waals surface area contributed by atoms with E-state index in [2.05, 4.69) is 150 Å². The lowest BCUT2D eigenvalue weighted by Gasteiger charge is -2.12. The van der Waals surface area contributed by atoms with Gasteiger partial charge in [-0.25, -0.2) is 0 Å². The Morgan fingerprint density at radius 2 is 1.18 bits per heavy atom. The number of aliphatic imine (C=N–C) groups is 1. The molecule has 0 amide bonds. The molecule has 1 heterocycles. The quantitative estimate of drug-likeness (QED) is 0.136. The van der Waals surface area contributed by atoms with Crippen LogP contribution >= 0.6 is 0 Å². The van der Waals surface area contributed by atoms with Gasteiger partial charge in [0.1, 0.15) is 5.84 Å². The minimum absolute atomic E-state index is 0.121. The van der Waals surface area contributed by atoms with Crippen LogP contribution in [-0.2, 0) is 6.54 Å². The minimum atomic E-state index is 0.121. The van der Waals surface area contributed by atoms with Crippen molar-refractivity contribution in [3.8, 4) is 16.8 Å². The lowest BCUT2D eigenvalue weighted by Crippen LogP contribution is -2.10. The molecule has 1 aromatic heterocycles. The molecular weight excluding hydrogens is 621 g/mol. The van der Waals surface area contributed by atoms with Crippen LogP contribution in [0.1, 0.15) is 16.7 Å². The summed E-state index contributed by atoms with van der Waals surface area (Å²) in [6.07, 6.45) is 2.03. The molecule has 4 nitrogen and oxygen atoms in total. The predicted octanol–water partition coefficient (Wildman–Crippen LogP) is 11.3. The molecule has 0 saturated carbocycles. The predicted molar refractivity (Wildman–Crippen MR) is 216 cm³/mol. The highest BCUT2D eigenvalue weighted by molar-refractivity contribution is 6.21. The standard InChI is InChI=1S/C40H28N2.C7H8N2/c1-2-10-28(11-3-1)26-41-27-33-24-31-13-4-5-14-32(31)25-37(33)30-18-21-34(22-19-30)42-38-17-9-8-16-36(38)40-35-15-7-6-12-29(35)20-23-39(40)42;8-7(9)6-4-2-1-3-5-6/h1-25,27H,26H2;1-5H,(H3,8,9). The monoisotopic (exact) mass is 656 g/mol. The van der Waals surface area contributed by atoms with Gasteiger partial charge in [0.2, 0.25) is 0 Å². The third kappa shape index (κ3) is 6.39. The van der Waals surface area contributed by atoms with Crippen LogP contribution in [0.5, 0.6) is 0 Å². The van der Waals surface area contributed by atoms with E-state index in [1.165, 1.54) is 60.0 Å². The van der Waals surface area contributed by atoms with E-state index in [0.29, 0.717) is 6.54 Å². The van der Waals surface area contributed by atoms with Gasteiger partial charge >= 0.3 is 0 Å². The fourth-order valence-corrected chi connectivity index (χ4v) is 6.87. The molecule has 0 aliphatic heterocycles. The number of nitrogens with two attached hydrogens (primary N) is 1. The summed E-state index contributed by atoms with van der Waals surface area (Å²) in [6, 6.07) is 63.6. The molecule has 0 atom stereocenters. The van der Waals surface area contributed by atoms with E-state index < -0.39 is 0 Å². The van der Waals surface area contributed by atoms with Crippen molar-refractivity contribution in [2.45, 2.75) is 6.54 Å². The molecule has 0 aliphatic carbocycles. The van der Waals surface area contributed by atoms with Crippen molar-refractivity contribution in [3.63, 3.8) is 0 Å². The average Bonchev–Trinajstić information content (AvgIpc) is 3.53. The molecule has 0 bridgehead atoms. The summed E-state index contributed by atoms with van der Waals surface area (Å²) in [5.41, 5.74) is 14.3. The zero-order valence-corrected chi connectivity index (χ0v) is 28.1. The van der Waals surface area contributed by atoms with Gasteiger partial charge in [-0.05, 0) is 74.6 Å². The molecule has 9 rings (SSSR count). The van der Waals surface area contributed by atoms with Crippen molar-refractivity contribution < 1.29 is 0 Å². The number of nitrogens with zero attached hydrogens (tertiary/aromatic N) is 2. The largest absolute Gasteiger partial charge is 0.384 e. The Kier molecular flexibility index (Phi) is 8.63. The SMILES string of the molecule is C(=NCc1ccccc1)c1cc2ccccc2cc1-c1ccc(-n2c3ccccc3c3c4ccccc4ccc32)cc1.N=C(N)c1ccccc1. The molecule has 9 aromatic rings. The van der Waals surface area contributed by atoms with Crippen molar-refractivity contribution >= 4 is 55.4 Å². The molecule has 0 fully saturated rings. The Balaban J connectivity index is 0.000000365. The van der Waals surface area contributed by atoms with Crippen LogP contribution in [-0.4, -0.2) is 16.6 Å². The molecule has 0 spiro atoms. The van der Waals surface area contributed by atoms with Crippen molar-refractivity contribution in [1.82, 2.24) is 4.57 Å². The van der Waals surface area contributed by atoms with Gasteiger partial charge in [-0.15, -0.1) is 0 Å². The Bertz CT molecular complexity index is 2670. The number of para-hydroxylation sites is 1. The van der Waals surface area contributed by atoms with Crippen molar-refractivity contribution in [3.05, 3.63) is 199 Å². The highest BCUT2D eigenvalue weighted by Crippen LogP contribution is 2.37. The first kappa shape index (κ1) is 31.5. The number of hydrogen-bond acceptors (Lipinski definition) is 2. The molecule has 51 heavy (non-hydrogen) atoms. The number of nitrogens with one attached hydrogen (secondary N) is 1. The first-order valence-corrected chi connectivity index (χ1v) is 17.1. The van der Waals surface area contributed by atoms with Gasteiger partial charge in [0.05, 0.1) is 17.6 Å². The second-order valence-electron chi connectivity index (χ2n) is 12.6. The van der Waals surface area contributed by atoms with Crippen molar-refractivity contribution in [2.75, 3.05) is 0 Å². The Morgan fingerprint density at radius 3 is 1.88 bits per heavy atom. The van der Waals surface area contributed by atoms with Crippen LogP contribution in [0.4, 0.5) is 0 Å². The van der Waals surface area contributed by atoms with E-state index in [-0.39, 0.29) is 5.84 Å². The second kappa shape index (κ2) is 14.0. The minimum Gasteiger partial charge on any atom is -0.384 e. The Hall–Kier alpha value is -6.78. The molecule has 0 unspecified atom stereocenters. The zero-order chi connectivity index (χ0) is 34.6. The fraction of sp³-hybridized carbons (Fsp3) is 0.0213. The first-order chi connectivity index (χ1) is 25.1. The van der Waals surface area contributed by atoms with E-state index in [1.807, 2.05) is 42.6 Å². The van der Waals surface area contributed by atoms with Crippen LogP contribution in [0.3, 0.4) is 0 Å². The third-order valence-electron chi connectivity index (χ3n) is 9.35. The molecule has 0 radical (unpaired) electrons. The van der Waals surface area contributed by atoms with Gasteiger partial charge in [-0.1, -0.05) is 146 Å². The number of aromatic nitrogens is 1. The molecule has 244 valence electrons. The van der Waals surface area contributed by atoms with Gasteiger partial charge in [0, 0.05) is 33.8 Å². The lowest BCUT2D eigenvalue weighted by molar-refractivity contribution is 1.08. The van der Waals surface area contributed by atoms with Gasteiger partial charge in [0.25, 0.3) is 0 Å². The van der Waals surface area contributed by atoms with Crippen LogP contribution in [0.25, 0.3) is 60.2 Å². The number of amidine groups is 1. The highest BCUT2D eigenvalue weighted by Gasteiger charge is 2.15. The smallest absolute Gasteiger partial charge is 0.122 e. The van der Waals surface area contributed by atoms with Crippen LogP contribution < -0.4 is 5.73 Å². The number of benzene rings is 8. The summed E-state index contributed by atoms with van der Waals surface area (Å²) < 4.78 is 2.39. The van der Waals surface area contributed by atoms with Gasteiger partial charge in [0.15, 0.2) is 0 Å². The fourth-order valence-electron chi connectivity index (χ4n) is 6.87. The van der Waals surface area contributed by atoms with Crippen LogP contribution in [0.2, 0.25) is 0 Å². The zero-order valence-electron chi connectivity index (χ0n) is 28.1. The van der Waals surface area contributed by atoms with E-state index in [4.69, 9.17) is 16.1 Å². The summed E-state index contributed by atoms with van der Waals surface area (Å²) in [5, 5.41) is 14.6. The normalized spacial score (nSPS) is 11.3. The van der Waals surface area contributed by atoms with Gasteiger partial charge in [-0.2, -0.15) is 0 Å². The third-order valence-corrected chi connectivity index (χ3v) is 9.35. The van der Waals surface area contributed by atoms with E-state index >= 15 is 0 Å². The highest BCUT2D eigenvalue weighted by atomic mass is 15.0. The Morgan fingerprint density at radius 1 is 0.569 bits per heavy atom. The number of rotatable bonds is 6. The molecule has 4 heteroatoms. The van der Waals surface area contributed by atoms with Crippen LogP contribution in [0.15, 0.2) is 187 Å². The van der Waals surface area contributed by atoms with E-state index in [0.717, 1.165) is 16.8 Å². The summed E-state index contributed by atoms with van der Waals surface area (Å²) >= 11 is 0. The molecule has 0 saturated heterocycles. The number of fused-ring (bicyclic) bond motifs is 6. The second-order valence-corrected chi connectivity index (χ2v) is 12.6. The number of hydrogen-bond donors (Lipinski definition) is 2. The average molecular weight is 657 g/mol. The Labute approximate surface area is 297 Å². The lowest BCUT2D eigenvalue weighted by atomic mass is 9.96.